The Hall–Kier alpha value is -2.40. The van der Waals surface area contributed by atoms with Crippen LogP contribution in [0.3, 0.4) is 0 Å². The topological polar surface area (TPSA) is 66.8 Å². The van der Waals surface area contributed by atoms with Crippen LogP contribution in [-0.2, 0) is 0 Å². The van der Waals surface area contributed by atoms with Gasteiger partial charge in [0.1, 0.15) is 6.10 Å². The number of methoxy groups -OCH3 is 1. The lowest BCUT2D eigenvalue weighted by Crippen LogP contribution is -2.08. The van der Waals surface area contributed by atoms with Crippen molar-refractivity contribution < 1.29 is 24.1 Å². The second-order valence-corrected chi connectivity index (χ2v) is 4.19. The standard InChI is InChI=1S/C15H13FO4/c1-20-13-7-6-9(8-12(13)16)14(17)10-4-2-3-5-11(10)15(18)19/h2-8,14,17H,1H3,(H,18,19). The molecule has 0 spiro atoms. The maximum Gasteiger partial charge on any atom is 0.336 e. The first kappa shape index (κ1) is 14.0. The summed E-state index contributed by atoms with van der Waals surface area (Å²) in [6.45, 7) is 0. The van der Waals surface area contributed by atoms with Crippen molar-refractivity contribution in [3.8, 4) is 5.75 Å². The van der Waals surface area contributed by atoms with E-state index in [0.29, 0.717) is 0 Å². The highest BCUT2D eigenvalue weighted by Crippen LogP contribution is 2.28. The fourth-order valence-electron chi connectivity index (χ4n) is 1.96. The van der Waals surface area contributed by atoms with Gasteiger partial charge in [-0.3, -0.25) is 0 Å². The molecule has 1 atom stereocenters. The Labute approximate surface area is 115 Å². The van der Waals surface area contributed by atoms with Gasteiger partial charge in [-0.1, -0.05) is 24.3 Å². The van der Waals surface area contributed by atoms with Crippen LogP contribution in [0.1, 0.15) is 27.6 Å². The fourth-order valence-corrected chi connectivity index (χ4v) is 1.96. The molecule has 0 bridgehead atoms. The van der Waals surface area contributed by atoms with Crippen LogP contribution in [-0.4, -0.2) is 23.3 Å². The number of hydrogen-bond donors (Lipinski definition) is 2. The number of carboxylic acid groups (broad SMARTS) is 1. The second-order valence-electron chi connectivity index (χ2n) is 4.19. The molecule has 2 N–H and O–H groups in total. The molecule has 0 heterocycles. The van der Waals surface area contributed by atoms with Crippen molar-refractivity contribution in [3.05, 3.63) is 65.0 Å². The molecule has 2 aromatic carbocycles. The zero-order valence-corrected chi connectivity index (χ0v) is 10.7. The summed E-state index contributed by atoms with van der Waals surface area (Å²) in [5, 5.41) is 19.3. The Morgan fingerprint density at radius 1 is 1.25 bits per heavy atom. The molecule has 20 heavy (non-hydrogen) atoms. The molecule has 1 unspecified atom stereocenters. The van der Waals surface area contributed by atoms with E-state index < -0.39 is 17.9 Å². The van der Waals surface area contributed by atoms with Crippen LogP contribution < -0.4 is 4.74 Å². The largest absolute Gasteiger partial charge is 0.494 e. The number of ether oxygens (including phenoxy) is 1. The van der Waals surface area contributed by atoms with E-state index in [2.05, 4.69) is 0 Å². The maximum absolute atomic E-state index is 13.6. The molecule has 0 saturated heterocycles. The molecule has 0 fully saturated rings. The third kappa shape index (κ3) is 2.62. The first-order chi connectivity index (χ1) is 9.54. The summed E-state index contributed by atoms with van der Waals surface area (Å²) in [5.74, 6) is -1.70. The molecule has 0 radical (unpaired) electrons. The lowest BCUT2D eigenvalue weighted by Gasteiger charge is -2.14. The summed E-state index contributed by atoms with van der Waals surface area (Å²) in [7, 11) is 1.34. The summed E-state index contributed by atoms with van der Waals surface area (Å²) < 4.78 is 18.4. The van der Waals surface area contributed by atoms with Gasteiger partial charge in [-0.25, -0.2) is 9.18 Å². The number of carbonyl (C=O) groups is 1. The minimum absolute atomic E-state index is 0.0174. The molecule has 2 rings (SSSR count). The molecule has 0 amide bonds. The van der Waals surface area contributed by atoms with Gasteiger partial charge < -0.3 is 14.9 Å². The molecule has 5 heteroatoms. The average molecular weight is 276 g/mol. The molecule has 0 saturated carbocycles. The summed E-state index contributed by atoms with van der Waals surface area (Å²) in [6.07, 6.45) is -1.22. The maximum atomic E-state index is 13.6. The molecule has 2 aromatic rings. The quantitative estimate of drug-likeness (QED) is 0.900. The van der Waals surface area contributed by atoms with Crippen LogP contribution in [0.4, 0.5) is 4.39 Å². The monoisotopic (exact) mass is 276 g/mol. The number of aliphatic hydroxyl groups excluding tert-OH is 1. The Morgan fingerprint density at radius 3 is 2.55 bits per heavy atom. The highest BCUT2D eigenvalue weighted by molar-refractivity contribution is 5.89. The van der Waals surface area contributed by atoms with E-state index >= 15 is 0 Å². The Morgan fingerprint density at radius 2 is 1.95 bits per heavy atom. The number of aromatic carboxylic acids is 1. The van der Waals surface area contributed by atoms with Crippen LogP contribution in [0.25, 0.3) is 0 Å². The minimum atomic E-state index is -1.22. The smallest absolute Gasteiger partial charge is 0.336 e. The van der Waals surface area contributed by atoms with E-state index in [4.69, 9.17) is 9.84 Å². The molecular weight excluding hydrogens is 263 g/mol. The first-order valence-electron chi connectivity index (χ1n) is 5.88. The van der Waals surface area contributed by atoms with E-state index in [1.54, 1.807) is 12.1 Å². The third-order valence-electron chi connectivity index (χ3n) is 2.98. The van der Waals surface area contributed by atoms with Gasteiger partial charge in [-0.2, -0.15) is 0 Å². The number of halogens is 1. The van der Waals surface area contributed by atoms with Crippen molar-refractivity contribution in [2.45, 2.75) is 6.10 Å². The Bertz CT molecular complexity index is 640. The molecular formula is C15H13FO4. The summed E-state index contributed by atoms with van der Waals surface area (Å²) in [4.78, 5) is 11.1. The number of carboxylic acids is 1. The molecule has 0 aliphatic rings. The zero-order chi connectivity index (χ0) is 14.7. The number of rotatable bonds is 4. The van der Waals surface area contributed by atoms with Crippen molar-refractivity contribution in [2.24, 2.45) is 0 Å². The average Bonchev–Trinajstić information content (AvgIpc) is 2.46. The third-order valence-corrected chi connectivity index (χ3v) is 2.98. The lowest BCUT2D eigenvalue weighted by molar-refractivity contribution is 0.0691. The fraction of sp³-hybridized carbons (Fsp3) is 0.133. The van der Waals surface area contributed by atoms with E-state index in [9.17, 15) is 14.3 Å². The normalized spacial score (nSPS) is 11.9. The summed E-state index contributed by atoms with van der Waals surface area (Å²) >= 11 is 0. The van der Waals surface area contributed by atoms with Gasteiger partial charge in [-0.15, -0.1) is 0 Å². The number of aliphatic hydroxyl groups is 1. The van der Waals surface area contributed by atoms with Crippen molar-refractivity contribution in [1.82, 2.24) is 0 Å². The predicted molar refractivity (Wildman–Crippen MR) is 70.4 cm³/mol. The van der Waals surface area contributed by atoms with Crippen LogP contribution in [0.5, 0.6) is 5.75 Å². The van der Waals surface area contributed by atoms with Crippen molar-refractivity contribution in [3.63, 3.8) is 0 Å². The van der Waals surface area contributed by atoms with E-state index in [1.807, 2.05) is 0 Å². The Kier molecular flexibility index (Phi) is 4.00. The number of hydrogen-bond acceptors (Lipinski definition) is 3. The highest BCUT2D eigenvalue weighted by Gasteiger charge is 2.19. The summed E-state index contributed by atoms with van der Waals surface area (Å²) in [6, 6.07) is 10.1. The van der Waals surface area contributed by atoms with Gasteiger partial charge >= 0.3 is 5.97 Å². The van der Waals surface area contributed by atoms with Gasteiger partial charge in [0.05, 0.1) is 12.7 Å². The highest BCUT2D eigenvalue weighted by atomic mass is 19.1. The number of benzene rings is 2. The van der Waals surface area contributed by atoms with Gasteiger partial charge in [0.2, 0.25) is 0 Å². The van der Waals surface area contributed by atoms with Crippen molar-refractivity contribution in [1.29, 1.82) is 0 Å². The second kappa shape index (κ2) is 5.71. The molecule has 0 aliphatic carbocycles. The van der Waals surface area contributed by atoms with Crippen LogP contribution in [0.15, 0.2) is 42.5 Å². The summed E-state index contributed by atoms with van der Waals surface area (Å²) in [5.41, 5.74) is 0.456. The van der Waals surface area contributed by atoms with Gasteiger partial charge in [0.25, 0.3) is 0 Å². The van der Waals surface area contributed by atoms with Crippen LogP contribution in [0.2, 0.25) is 0 Å². The van der Waals surface area contributed by atoms with E-state index in [1.165, 1.54) is 31.4 Å². The Balaban J connectivity index is 2.44. The van der Waals surface area contributed by atoms with Gasteiger partial charge in [0, 0.05) is 0 Å². The van der Waals surface area contributed by atoms with Crippen LogP contribution >= 0.6 is 0 Å². The van der Waals surface area contributed by atoms with E-state index in [-0.39, 0.29) is 22.4 Å². The molecule has 0 aromatic heterocycles. The SMILES string of the molecule is COc1ccc(C(O)c2ccccc2C(=O)O)cc1F. The molecule has 0 aliphatic heterocycles. The molecule has 104 valence electrons. The predicted octanol–water partition coefficient (Wildman–Crippen LogP) is 2.61. The van der Waals surface area contributed by atoms with Crippen molar-refractivity contribution in [2.75, 3.05) is 7.11 Å². The van der Waals surface area contributed by atoms with E-state index in [0.717, 1.165) is 6.07 Å². The van der Waals surface area contributed by atoms with Crippen molar-refractivity contribution >= 4 is 5.97 Å². The van der Waals surface area contributed by atoms with Crippen LogP contribution in [0, 0.1) is 5.82 Å². The minimum Gasteiger partial charge on any atom is -0.494 e. The zero-order valence-electron chi connectivity index (χ0n) is 10.7. The lowest BCUT2D eigenvalue weighted by atomic mass is 9.96. The molecule has 4 nitrogen and oxygen atoms in total. The van der Waals surface area contributed by atoms with Gasteiger partial charge in [0.15, 0.2) is 11.6 Å². The first-order valence-corrected chi connectivity index (χ1v) is 5.88. The van der Waals surface area contributed by atoms with Gasteiger partial charge in [-0.05, 0) is 29.3 Å².